The first kappa shape index (κ1) is 29.4. The average Bonchev–Trinajstić information content (AvgIpc) is 3.48. The molecule has 0 bridgehead atoms. The molecule has 0 spiro atoms. The normalized spacial score (nSPS) is 27.1. The zero-order valence-electron chi connectivity index (χ0n) is 25.0. The van der Waals surface area contributed by atoms with E-state index in [4.69, 9.17) is 11.6 Å². The van der Waals surface area contributed by atoms with Gasteiger partial charge in [-0.25, -0.2) is 0 Å². The molecule has 38 heavy (non-hydrogen) atoms. The zero-order chi connectivity index (χ0) is 28.0. The summed E-state index contributed by atoms with van der Waals surface area (Å²) in [4.78, 5) is 34.6. The number of amides is 2. The van der Waals surface area contributed by atoms with Gasteiger partial charge >= 0.3 is 0 Å². The molecule has 6 heteroatoms. The van der Waals surface area contributed by atoms with E-state index in [1.54, 1.807) is 0 Å². The lowest BCUT2D eigenvalue weighted by Crippen LogP contribution is -2.54. The number of carbonyl (C=O) groups is 2. The summed E-state index contributed by atoms with van der Waals surface area (Å²) in [6.45, 7) is 20.5. The van der Waals surface area contributed by atoms with Gasteiger partial charge < -0.3 is 9.80 Å². The number of hydrogen-bond donors (Lipinski definition) is 0. The van der Waals surface area contributed by atoms with Crippen molar-refractivity contribution < 1.29 is 9.59 Å². The Morgan fingerprint density at radius 1 is 0.895 bits per heavy atom. The third-order valence-corrected chi connectivity index (χ3v) is 9.58. The van der Waals surface area contributed by atoms with E-state index in [2.05, 4.69) is 61.5 Å². The molecule has 4 rings (SSSR count). The van der Waals surface area contributed by atoms with Gasteiger partial charge in [-0.1, -0.05) is 58.4 Å². The Morgan fingerprint density at radius 3 is 2.05 bits per heavy atom. The molecule has 2 aliphatic heterocycles. The van der Waals surface area contributed by atoms with Crippen LogP contribution in [0, 0.1) is 16.7 Å². The summed E-state index contributed by atoms with van der Waals surface area (Å²) < 4.78 is 0. The molecule has 3 aliphatic rings. The Labute approximate surface area is 236 Å². The smallest absolute Gasteiger partial charge is 0.228 e. The molecule has 3 atom stereocenters. The lowest BCUT2D eigenvalue weighted by Gasteiger charge is -2.45. The molecule has 0 radical (unpaired) electrons. The van der Waals surface area contributed by atoms with Crippen molar-refractivity contribution in [2.75, 3.05) is 26.2 Å². The molecule has 2 saturated heterocycles. The largest absolute Gasteiger partial charge is 0.340 e. The summed E-state index contributed by atoms with van der Waals surface area (Å²) in [7, 11) is 0. The number of carbonyl (C=O) groups excluding carboxylic acids is 2. The lowest BCUT2D eigenvalue weighted by molar-refractivity contribution is -0.147. The van der Waals surface area contributed by atoms with Gasteiger partial charge in [-0.3, -0.25) is 14.5 Å². The van der Waals surface area contributed by atoms with Crippen LogP contribution in [0.3, 0.4) is 0 Å². The number of likely N-dealkylation sites (tertiary alicyclic amines) is 2. The van der Waals surface area contributed by atoms with Crippen molar-refractivity contribution in [3.63, 3.8) is 0 Å². The van der Waals surface area contributed by atoms with Gasteiger partial charge in [0, 0.05) is 54.1 Å². The van der Waals surface area contributed by atoms with Crippen molar-refractivity contribution in [1.82, 2.24) is 14.7 Å². The van der Waals surface area contributed by atoms with Crippen molar-refractivity contribution >= 4 is 23.4 Å². The second kappa shape index (κ2) is 10.8. The van der Waals surface area contributed by atoms with Gasteiger partial charge in [0.05, 0.1) is 12.0 Å². The van der Waals surface area contributed by atoms with Crippen LogP contribution in [0.15, 0.2) is 24.3 Å². The molecule has 1 aromatic rings. The first-order valence-corrected chi connectivity index (χ1v) is 15.1. The minimum absolute atomic E-state index is 0.00205. The fraction of sp³-hybridized carbons (Fsp3) is 0.750. The highest BCUT2D eigenvalue weighted by Gasteiger charge is 2.47. The maximum Gasteiger partial charge on any atom is 0.228 e. The van der Waals surface area contributed by atoms with Gasteiger partial charge in [-0.05, 0) is 76.0 Å². The predicted molar refractivity (Wildman–Crippen MR) is 156 cm³/mol. The van der Waals surface area contributed by atoms with Gasteiger partial charge in [-0.15, -0.1) is 0 Å². The minimum atomic E-state index is -0.428. The first-order valence-electron chi connectivity index (χ1n) is 14.7. The topological polar surface area (TPSA) is 43.9 Å². The molecule has 1 unspecified atom stereocenters. The van der Waals surface area contributed by atoms with Crippen molar-refractivity contribution in [3.8, 4) is 0 Å². The molecular weight excluding hydrogens is 494 g/mol. The third kappa shape index (κ3) is 6.41. The van der Waals surface area contributed by atoms with Gasteiger partial charge in [0.15, 0.2) is 0 Å². The Morgan fingerprint density at radius 2 is 1.50 bits per heavy atom. The van der Waals surface area contributed by atoms with Crippen LogP contribution in [-0.2, 0) is 9.59 Å². The molecule has 1 aromatic carbocycles. The molecule has 5 nitrogen and oxygen atoms in total. The standard InChI is InChI=1S/C32H50ClN3O2/c1-30(2,3)29(38)36(24-13-16-32(7,8)17-14-24)25-15-18-34(19-25)28(37)27-21-35(31(4,5)6)20-26(27)22-9-11-23(33)12-10-22/h9-12,24-27H,13-21H2,1-8H3/t25?,26-,27+/m0/s1. The van der Waals surface area contributed by atoms with Crippen LogP contribution in [0.4, 0.5) is 0 Å². The number of halogens is 1. The monoisotopic (exact) mass is 543 g/mol. The number of benzene rings is 1. The Kier molecular flexibility index (Phi) is 8.33. The fourth-order valence-corrected chi connectivity index (χ4v) is 6.86. The van der Waals surface area contributed by atoms with Gasteiger partial charge in [-0.2, -0.15) is 0 Å². The second-order valence-corrected chi connectivity index (χ2v) is 15.4. The molecule has 0 N–H and O–H groups in total. The quantitative estimate of drug-likeness (QED) is 0.430. The average molecular weight is 544 g/mol. The summed E-state index contributed by atoms with van der Waals surface area (Å²) in [6.07, 6.45) is 5.28. The van der Waals surface area contributed by atoms with Crippen LogP contribution in [0.2, 0.25) is 5.02 Å². The predicted octanol–water partition coefficient (Wildman–Crippen LogP) is 6.60. The van der Waals surface area contributed by atoms with Crippen LogP contribution in [0.5, 0.6) is 0 Å². The van der Waals surface area contributed by atoms with E-state index in [0.29, 0.717) is 12.0 Å². The van der Waals surface area contributed by atoms with E-state index in [0.717, 1.165) is 56.8 Å². The van der Waals surface area contributed by atoms with Gasteiger partial charge in [0.25, 0.3) is 0 Å². The van der Waals surface area contributed by atoms with E-state index < -0.39 is 5.41 Å². The highest BCUT2D eigenvalue weighted by Crippen LogP contribution is 2.41. The number of hydrogen-bond acceptors (Lipinski definition) is 3. The van der Waals surface area contributed by atoms with Crippen LogP contribution >= 0.6 is 11.6 Å². The molecule has 2 heterocycles. The van der Waals surface area contributed by atoms with Crippen molar-refractivity contribution in [3.05, 3.63) is 34.9 Å². The molecule has 3 fully saturated rings. The Hall–Kier alpha value is -1.59. The summed E-state index contributed by atoms with van der Waals surface area (Å²) in [5.41, 5.74) is 1.10. The highest BCUT2D eigenvalue weighted by molar-refractivity contribution is 6.30. The van der Waals surface area contributed by atoms with E-state index in [1.165, 1.54) is 5.56 Å². The van der Waals surface area contributed by atoms with E-state index in [9.17, 15) is 9.59 Å². The van der Waals surface area contributed by atoms with E-state index in [-0.39, 0.29) is 41.3 Å². The van der Waals surface area contributed by atoms with Crippen LogP contribution < -0.4 is 0 Å². The summed E-state index contributed by atoms with van der Waals surface area (Å²) in [5, 5.41) is 0.722. The van der Waals surface area contributed by atoms with Crippen LogP contribution in [0.25, 0.3) is 0 Å². The molecule has 1 aliphatic carbocycles. The SMILES string of the molecule is CC1(C)CCC(N(C(=O)C(C)(C)C)C2CCN(C(=O)[C@@H]3CN(C(C)(C)C)C[C@H]3c3ccc(Cl)cc3)C2)CC1. The third-order valence-electron chi connectivity index (χ3n) is 9.33. The molecule has 212 valence electrons. The van der Waals surface area contributed by atoms with Gasteiger partial charge in [0.1, 0.15) is 0 Å². The maximum absolute atomic E-state index is 14.1. The summed E-state index contributed by atoms with van der Waals surface area (Å²) >= 11 is 6.19. The van der Waals surface area contributed by atoms with Crippen LogP contribution in [-0.4, -0.2) is 70.3 Å². The number of nitrogens with zero attached hydrogens (tertiary/aromatic N) is 3. The Bertz CT molecular complexity index is 997. The maximum atomic E-state index is 14.1. The van der Waals surface area contributed by atoms with Crippen molar-refractivity contribution in [1.29, 1.82) is 0 Å². The number of rotatable bonds is 4. The minimum Gasteiger partial charge on any atom is -0.340 e. The Balaban J connectivity index is 1.53. The summed E-state index contributed by atoms with van der Waals surface area (Å²) in [5.74, 6) is 0.537. The fourth-order valence-electron chi connectivity index (χ4n) is 6.73. The lowest BCUT2D eigenvalue weighted by atomic mass is 9.74. The molecule has 0 aromatic heterocycles. The molecule has 1 saturated carbocycles. The van der Waals surface area contributed by atoms with Gasteiger partial charge in [0.2, 0.25) is 11.8 Å². The molecule has 2 amide bonds. The highest BCUT2D eigenvalue weighted by atomic mass is 35.5. The van der Waals surface area contributed by atoms with Crippen LogP contribution in [0.1, 0.15) is 99.0 Å². The second-order valence-electron chi connectivity index (χ2n) is 14.9. The van der Waals surface area contributed by atoms with E-state index in [1.807, 2.05) is 32.9 Å². The van der Waals surface area contributed by atoms with Crippen molar-refractivity contribution in [2.24, 2.45) is 16.7 Å². The zero-order valence-corrected chi connectivity index (χ0v) is 25.8. The summed E-state index contributed by atoms with van der Waals surface area (Å²) in [6, 6.07) is 8.42. The first-order chi connectivity index (χ1) is 17.6. The van der Waals surface area contributed by atoms with Crippen molar-refractivity contribution in [2.45, 2.75) is 111 Å². The van der Waals surface area contributed by atoms with E-state index >= 15 is 0 Å². The molecular formula is C32H50ClN3O2.